The van der Waals surface area contributed by atoms with Gasteiger partial charge in [-0.3, -0.25) is 34.3 Å². The number of hydrogen-bond donors (Lipinski definition) is 3. The van der Waals surface area contributed by atoms with E-state index in [-0.39, 0.29) is 25.8 Å². The van der Waals surface area contributed by atoms with Crippen LogP contribution in [0.4, 0.5) is 0 Å². The number of piperazine rings is 3. The van der Waals surface area contributed by atoms with Crippen LogP contribution in [0.5, 0.6) is 0 Å². The number of carbonyl (C=O) groups excluding carboxylic acids is 2. The smallest absolute Gasteiger partial charge is 0.376 e. The van der Waals surface area contributed by atoms with Gasteiger partial charge in [-0.05, 0) is 105 Å². The first-order chi connectivity index (χ1) is 30.5. The number of rotatable bonds is 9. The topological polar surface area (TPSA) is 141 Å². The van der Waals surface area contributed by atoms with E-state index in [1.165, 1.54) is 23.6 Å². The van der Waals surface area contributed by atoms with Gasteiger partial charge >= 0.3 is 14.1 Å². The van der Waals surface area contributed by atoms with Gasteiger partial charge in [-0.2, -0.15) is 0 Å². The standard InChI is InChI=1S/C24H25N3O.C12H20BN3O.C7H7NO.C5H13BN2O/c1-19(20-11-13-25-14-12-20)26-15-17-27(18-16-26)24(28)23-9-7-22(8-10-23)21-5-3-2-4-6-21;1-11(12-3-5-14-6-4-12)15-7-9-16(10-8-15)13(2)17;1-6(9)7-2-4-8-5-3-7;1-6(9)8-4-2-7-3-5-8/h2-14,19H,15-18H2,1H3;3-6,11,17H,7-10H2,1-2H3;2-5H,1H3;7,9H,2-5H2,1H3. The van der Waals surface area contributed by atoms with E-state index in [1.54, 1.807) is 24.5 Å². The Morgan fingerprint density at radius 1 is 0.540 bits per heavy atom. The number of carbonyl (C=O) groups is 2. The monoisotopic (exact) mass is 854 g/mol. The van der Waals surface area contributed by atoms with Crippen molar-refractivity contribution in [3.63, 3.8) is 0 Å². The van der Waals surface area contributed by atoms with Crippen molar-refractivity contribution in [1.82, 2.24) is 44.6 Å². The predicted molar refractivity (Wildman–Crippen MR) is 254 cm³/mol. The number of Topliss-reactive ketones (excluding diaryl/α,β-unsaturated/α-hetero) is 1. The summed E-state index contributed by atoms with van der Waals surface area (Å²) in [5, 5.41) is 21.8. The number of pyridine rings is 3. The van der Waals surface area contributed by atoms with E-state index in [4.69, 9.17) is 5.02 Å². The summed E-state index contributed by atoms with van der Waals surface area (Å²) in [4.78, 5) is 46.4. The first-order valence-corrected chi connectivity index (χ1v) is 22.2. The molecule has 3 aromatic heterocycles. The van der Waals surface area contributed by atoms with Crippen molar-refractivity contribution in [2.75, 3.05) is 78.5 Å². The lowest BCUT2D eigenvalue weighted by atomic mass is 9.84. The summed E-state index contributed by atoms with van der Waals surface area (Å²) in [5.41, 5.74) is 6.35. The molecular weight excluding hydrogens is 788 g/mol. The molecule has 0 radical (unpaired) electrons. The zero-order valence-electron chi connectivity index (χ0n) is 37.7. The summed E-state index contributed by atoms with van der Waals surface area (Å²) in [6.07, 6.45) is 10.6. The van der Waals surface area contributed by atoms with Crippen molar-refractivity contribution >= 4 is 25.8 Å². The van der Waals surface area contributed by atoms with Gasteiger partial charge < -0.3 is 29.9 Å². The van der Waals surface area contributed by atoms with Gasteiger partial charge in [0.1, 0.15) is 0 Å². The highest BCUT2D eigenvalue weighted by molar-refractivity contribution is 6.45. The van der Waals surface area contributed by atoms with E-state index >= 15 is 0 Å². The Bertz CT molecular complexity index is 2040. The van der Waals surface area contributed by atoms with Crippen molar-refractivity contribution in [3.8, 4) is 11.1 Å². The Labute approximate surface area is 375 Å². The van der Waals surface area contributed by atoms with E-state index in [0.717, 1.165) is 89.7 Å². The van der Waals surface area contributed by atoms with E-state index in [2.05, 4.69) is 89.9 Å². The molecule has 3 saturated heterocycles. The van der Waals surface area contributed by atoms with Crippen LogP contribution in [0.2, 0.25) is 13.6 Å². The summed E-state index contributed by atoms with van der Waals surface area (Å²) in [6, 6.07) is 30.6. The summed E-state index contributed by atoms with van der Waals surface area (Å²) in [5.74, 6) is 0.202. The SMILES string of the molecule is CB(O)N1CCN(C(C)c2ccncc2)CC1.CB(O)N1CCNCC1.CC(=O)c1ccncc1.CC(c1ccncc1)N1CCN(C(=O)c2ccc(-c3ccccc3)cc2)CC1. The lowest BCUT2D eigenvalue weighted by Crippen LogP contribution is -2.51. The molecule has 1 amide bonds. The largest absolute Gasteiger partial charge is 0.437 e. The highest BCUT2D eigenvalue weighted by Gasteiger charge is 2.27. The molecule has 0 spiro atoms. The summed E-state index contributed by atoms with van der Waals surface area (Å²) >= 11 is 0. The fourth-order valence-corrected chi connectivity index (χ4v) is 7.78. The lowest BCUT2D eigenvalue weighted by molar-refractivity contribution is 0.0582. The van der Waals surface area contributed by atoms with Crippen molar-refractivity contribution in [3.05, 3.63) is 150 Å². The normalized spacial score (nSPS) is 17.0. The second-order valence-corrected chi connectivity index (χ2v) is 16.1. The fourth-order valence-electron chi connectivity index (χ4n) is 7.78. The average Bonchev–Trinajstić information content (AvgIpc) is 3.35. The van der Waals surface area contributed by atoms with Gasteiger partial charge in [-0.15, -0.1) is 0 Å². The van der Waals surface area contributed by atoms with Crippen molar-refractivity contribution in [2.24, 2.45) is 0 Å². The molecule has 2 unspecified atom stereocenters. The summed E-state index contributed by atoms with van der Waals surface area (Å²) in [7, 11) is -0.597. The highest BCUT2D eigenvalue weighted by atomic mass is 16.2. The van der Waals surface area contributed by atoms with Crippen LogP contribution < -0.4 is 5.32 Å². The maximum Gasteiger partial charge on any atom is 0.376 e. The van der Waals surface area contributed by atoms with Crippen LogP contribution in [0.3, 0.4) is 0 Å². The molecule has 63 heavy (non-hydrogen) atoms. The number of ketones is 1. The first-order valence-electron chi connectivity index (χ1n) is 22.2. The molecule has 13 nitrogen and oxygen atoms in total. The molecule has 3 fully saturated rings. The molecule has 332 valence electrons. The number of nitrogens with one attached hydrogen (secondary N) is 1. The Morgan fingerprint density at radius 3 is 1.37 bits per heavy atom. The van der Waals surface area contributed by atoms with Gasteiger partial charge in [-0.1, -0.05) is 42.5 Å². The van der Waals surface area contributed by atoms with Crippen LogP contribution in [-0.4, -0.2) is 154 Å². The quantitative estimate of drug-likeness (QED) is 0.129. The molecule has 2 aromatic carbocycles. The Kier molecular flexibility index (Phi) is 20.1. The molecule has 3 aliphatic rings. The fraction of sp³-hybridized carbons (Fsp3) is 0.396. The van der Waals surface area contributed by atoms with Crippen molar-refractivity contribution in [1.29, 1.82) is 0 Å². The van der Waals surface area contributed by atoms with Crippen molar-refractivity contribution in [2.45, 2.75) is 46.5 Å². The second kappa shape index (κ2) is 25.9. The Morgan fingerprint density at radius 2 is 0.952 bits per heavy atom. The van der Waals surface area contributed by atoms with E-state index in [1.807, 2.05) is 85.8 Å². The molecule has 0 aliphatic carbocycles. The molecular formula is C48H65B2N9O4. The van der Waals surface area contributed by atoms with Gasteiger partial charge in [0.25, 0.3) is 5.91 Å². The lowest BCUT2D eigenvalue weighted by Gasteiger charge is -2.38. The zero-order chi connectivity index (χ0) is 45.0. The van der Waals surface area contributed by atoms with Crippen molar-refractivity contribution < 1.29 is 19.6 Å². The minimum Gasteiger partial charge on any atom is -0.437 e. The molecule has 0 bridgehead atoms. The maximum atomic E-state index is 12.9. The van der Waals surface area contributed by atoms with Crippen LogP contribution in [-0.2, 0) is 0 Å². The van der Waals surface area contributed by atoms with E-state index in [0.29, 0.717) is 17.6 Å². The Hall–Kier alpha value is -5.12. The molecule has 2 atom stereocenters. The van der Waals surface area contributed by atoms with E-state index in [9.17, 15) is 14.6 Å². The van der Waals surface area contributed by atoms with Crippen LogP contribution in [0.25, 0.3) is 11.1 Å². The third-order valence-electron chi connectivity index (χ3n) is 12.0. The first kappa shape index (κ1) is 48.9. The number of benzene rings is 2. The number of aromatic nitrogens is 3. The minimum atomic E-state index is -0.326. The van der Waals surface area contributed by atoms with Crippen LogP contribution in [0.15, 0.2) is 128 Å². The average molecular weight is 854 g/mol. The van der Waals surface area contributed by atoms with Gasteiger partial charge in [0, 0.05) is 139 Å². The van der Waals surface area contributed by atoms with Crippen LogP contribution in [0, 0.1) is 0 Å². The second-order valence-electron chi connectivity index (χ2n) is 16.1. The summed E-state index contributed by atoms with van der Waals surface area (Å²) in [6.45, 7) is 20.8. The third-order valence-corrected chi connectivity index (χ3v) is 12.0. The van der Waals surface area contributed by atoms with Crippen LogP contribution >= 0.6 is 0 Å². The van der Waals surface area contributed by atoms with Gasteiger partial charge in [0.15, 0.2) is 5.78 Å². The van der Waals surface area contributed by atoms with Crippen LogP contribution in [0.1, 0.15) is 64.7 Å². The number of hydrogen-bond acceptors (Lipinski definition) is 12. The number of nitrogens with zero attached hydrogens (tertiary/aromatic N) is 8. The third kappa shape index (κ3) is 15.6. The number of amides is 1. The predicted octanol–water partition coefficient (Wildman–Crippen LogP) is 5.42. The molecule has 3 N–H and O–H groups in total. The zero-order valence-corrected chi connectivity index (χ0v) is 37.7. The maximum absolute atomic E-state index is 12.9. The minimum absolute atomic E-state index is 0.0809. The van der Waals surface area contributed by atoms with Gasteiger partial charge in [0.05, 0.1) is 0 Å². The highest BCUT2D eigenvalue weighted by Crippen LogP contribution is 2.24. The van der Waals surface area contributed by atoms with Gasteiger partial charge in [-0.25, -0.2) is 0 Å². The molecule has 5 aromatic rings. The molecule has 6 heterocycles. The molecule has 3 aliphatic heterocycles. The Balaban J connectivity index is 0.000000180. The summed E-state index contributed by atoms with van der Waals surface area (Å²) < 4.78 is 0. The van der Waals surface area contributed by atoms with E-state index < -0.39 is 0 Å². The molecule has 0 saturated carbocycles. The molecule has 15 heteroatoms. The molecule has 8 rings (SSSR count). The van der Waals surface area contributed by atoms with Gasteiger partial charge in [0.2, 0.25) is 0 Å².